The van der Waals surface area contributed by atoms with Crippen LogP contribution in [0.4, 0.5) is 15.8 Å². The zero-order valence-electron chi connectivity index (χ0n) is 12.8. The minimum absolute atomic E-state index is 0.150. The molecule has 3 N–H and O–H groups in total. The van der Waals surface area contributed by atoms with Gasteiger partial charge in [-0.1, -0.05) is 0 Å². The van der Waals surface area contributed by atoms with Gasteiger partial charge < -0.3 is 25.4 Å². The Morgan fingerprint density at radius 2 is 2.19 bits per heavy atom. The Morgan fingerprint density at radius 1 is 1.48 bits per heavy atom. The summed E-state index contributed by atoms with van der Waals surface area (Å²) in [7, 11) is 3.98. The van der Waals surface area contributed by atoms with Crippen LogP contribution in [0.5, 0.6) is 5.75 Å². The number of hydrogen-bond donors (Lipinski definition) is 2. The summed E-state index contributed by atoms with van der Waals surface area (Å²) in [4.78, 5) is 4.11. The van der Waals surface area contributed by atoms with Crippen LogP contribution in [0.15, 0.2) is 12.1 Å². The molecule has 2 unspecified atom stereocenters. The summed E-state index contributed by atoms with van der Waals surface area (Å²) in [6, 6.07) is 3.07. The number of β-amino-alcohol motifs (C(OH)–C–C–N with tert-alkyl or cyclic N) is 1. The van der Waals surface area contributed by atoms with E-state index in [0.717, 1.165) is 12.2 Å². The summed E-state index contributed by atoms with van der Waals surface area (Å²) in [5.41, 5.74) is 7.07. The lowest BCUT2D eigenvalue weighted by Gasteiger charge is -2.30. The van der Waals surface area contributed by atoms with Gasteiger partial charge in [0.2, 0.25) is 0 Å². The monoisotopic (exact) mass is 297 g/mol. The van der Waals surface area contributed by atoms with Gasteiger partial charge in [0, 0.05) is 31.3 Å². The fourth-order valence-electron chi connectivity index (χ4n) is 2.85. The number of halogens is 1. The molecule has 0 bridgehead atoms. The molecule has 0 amide bonds. The van der Waals surface area contributed by atoms with E-state index in [9.17, 15) is 9.50 Å². The zero-order chi connectivity index (χ0) is 15.6. The van der Waals surface area contributed by atoms with Gasteiger partial charge in [0.05, 0.1) is 24.1 Å². The number of likely N-dealkylation sites (N-methyl/N-ethyl adjacent to an activating group) is 1. The highest BCUT2D eigenvalue weighted by Crippen LogP contribution is 2.35. The SMILES string of the molecule is CCOc1cc(N2CC(O)CC2CN(C)C)c(N)cc1F. The normalized spacial score (nSPS) is 22.1. The van der Waals surface area contributed by atoms with Crippen LogP contribution >= 0.6 is 0 Å². The van der Waals surface area contributed by atoms with Crippen LogP contribution in [-0.2, 0) is 0 Å². The summed E-state index contributed by atoms with van der Waals surface area (Å²) in [5, 5.41) is 9.96. The van der Waals surface area contributed by atoms with Crippen molar-refractivity contribution in [3.63, 3.8) is 0 Å². The predicted octanol–water partition coefficient (Wildman–Crippen LogP) is 1.31. The summed E-state index contributed by atoms with van der Waals surface area (Å²) >= 11 is 0. The van der Waals surface area contributed by atoms with Crippen molar-refractivity contribution in [1.29, 1.82) is 0 Å². The van der Waals surface area contributed by atoms with Crippen LogP contribution < -0.4 is 15.4 Å². The van der Waals surface area contributed by atoms with Gasteiger partial charge in [-0.05, 0) is 27.4 Å². The van der Waals surface area contributed by atoms with E-state index in [0.29, 0.717) is 25.3 Å². The molecule has 2 atom stereocenters. The second-order valence-electron chi connectivity index (χ2n) is 5.73. The molecule has 1 aliphatic rings. The van der Waals surface area contributed by atoms with Crippen molar-refractivity contribution in [1.82, 2.24) is 4.90 Å². The van der Waals surface area contributed by atoms with Crippen molar-refractivity contribution >= 4 is 11.4 Å². The maximum Gasteiger partial charge on any atom is 0.167 e. The van der Waals surface area contributed by atoms with E-state index in [1.165, 1.54) is 6.07 Å². The third kappa shape index (κ3) is 3.57. The van der Waals surface area contributed by atoms with Gasteiger partial charge in [-0.15, -0.1) is 0 Å². The molecule has 6 heteroatoms. The average molecular weight is 297 g/mol. The van der Waals surface area contributed by atoms with E-state index >= 15 is 0 Å². The minimum atomic E-state index is -0.456. The van der Waals surface area contributed by atoms with E-state index in [1.54, 1.807) is 6.07 Å². The average Bonchev–Trinajstić information content (AvgIpc) is 2.72. The molecule has 0 aliphatic carbocycles. The van der Waals surface area contributed by atoms with E-state index in [4.69, 9.17) is 10.5 Å². The number of benzene rings is 1. The van der Waals surface area contributed by atoms with Gasteiger partial charge >= 0.3 is 0 Å². The molecule has 1 aromatic rings. The summed E-state index contributed by atoms with van der Waals surface area (Å²) in [6.07, 6.45) is 0.286. The quantitative estimate of drug-likeness (QED) is 0.802. The Labute approximate surface area is 125 Å². The predicted molar refractivity (Wildman–Crippen MR) is 82.3 cm³/mol. The second kappa shape index (κ2) is 6.49. The van der Waals surface area contributed by atoms with Crippen LogP contribution in [0, 0.1) is 5.82 Å². The first-order valence-electron chi connectivity index (χ1n) is 7.23. The van der Waals surface area contributed by atoms with Crippen molar-refractivity contribution in [3.8, 4) is 5.75 Å². The lowest BCUT2D eigenvalue weighted by Crippen LogP contribution is -2.38. The molecule has 0 radical (unpaired) electrons. The Kier molecular flexibility index (Phi) is 4.90. The number of aliphatic hydroxyl groups is 1. The maximum atomic E-state index is 13.8. The standard InChI is InChI=1S/C15H24FN3O2/c1-4-21-15-7-14(13(17)6-12(15)16)19-9-11(20)5-10(19)8-18(2)3/h6-7,10-11,20H,4-5,8-9,17H2,1-3H3. The third-order valence-electron chi connectivity index (χ3n) is 3.66. The third-order valence-corrected chi connectivity index (χ3v) is 3.66. The van der Waals surface area contributed by atoms with E-state index in [-0.39, 0.29) is 11.8 Å². The molecule has 1 aliphatic heterocycles. The number of ether oxygens (including phenoxy) is 1. The molecule has 2 rings (SSSR count). The lowest BCUT2D eigenvalue weighted by molar-refractivity contribution is 0.191. The van der Waals surface area contributed by atoms with Crippen LogP contribution in [-0.4, -0.2) is 55.9 Å². The number of nitrogen functional groups attached to an aromatic ring is 1. The molecule has 1 fully saturated rings. The smallest absolute Gasteiger partial charge is 0.167 e. The Balaban J connectivity index is 2.32. The second-order valence-corrected chi connectivity index (χ2v) is 5.73. The van der Waals surface area contributed by atoms with Crippen LogP contribution in [0.3, 0.4) is 0 Å². The Hall–Kier alpha value is -1.53. The van der Waals surface area contributed by atoms with Gasteiger partial charge in [-0.2, -0.15) is 0 Å². The Bertz CT molecular complexity index is 496. The molecule has 21 heavy (non-hydrogen) atoms. The number of nitrogens with two attached hydrogens (primary N) is 1. The Morgan fingerprint density at radius 3 is 2.81 bits per heavy atom. The molecule has 1 aromatic carbocycles. The molecular formula is C15H24FN3O2. The lowest BCUT2D eigenvalue weighted by atomic mass is 10.1. The number of hydrogen-bond acceptors (Lipinski definition) is 5. The molecule has 0 aromatic heterocycles. The van der Waals surface area contributed by atoms with E-state index in [1.807, 2.05) is 25.9 Å². The van der Waals surface area contributed by atoms with Crippen molar-refractivity contribution in [2.75, 3.05) is 44.4 Å². The van der Waals surface area contributed by atoms with Crippen molar-refractivity contribution in [3.05, 3.63) is 17.9 Å². The molecular weight excluding hydrogens is 273 g/mol. The van der Waals surface area contributed by atoms with Crippen molar-refractivity contribution in [2.24, 2.45) is 0 Å². The van der Waals surface area contributed by atoms with Crippen molar-refractivity contribution in [2.45, 2.75) is 25.5 Å². The van der Waals surface area contributed by atoms with Gasteiger partial charge in [-0.3, -0.25) is 0 Å². The number of aliphatic hydroxyl groups excluding tert-OH is 1. The molecule has 5 nitrogen and oxygen atoms in total. The molecule has 1 heterocycles. The van der Waals surface area contributed by atoms with Gasteiger partial charge in [0.25, 0.3) is 0 Å². The largest absolute Gasteiger partial charge is 0.491 e. The highest BCUT2D eigenvalue weighted by atomic mass is 19.1. The van der Waals surface area contributed by atoms with Gasteiger partial charge in [-0.25, -0.2) is 4.39 Å². The summed E-state index contributed by atoms with van der Waals surface area (Å²) in [5.74, 6) is -0.256. The summed E-state index contributed by atoms with van der Waals surface area (Å²) < 4.78 is 19.1. The zero-order valence-corrected chi connectivity index (χ0v) is 12.8. The topological polar surface area (TPSA) is 62.0 Å². The van der Waals surface area contributed by atoms with E-state index in [2.05, 4.69) is 4.90 Å². The molecule has 118 valence electrons. The van der Waals surface area contributed by atoms with Crippen LogP contribution in [0.2, 0.25) is 0 Å². The maximum absolute atomic E-state index is 13.8. The fraction of sp³-hybridized carbons (Fsp3) is 0.600. The first-order chi connectivity index (χ1) is 9.92. The molecule has 1 saturated heterocycles. The van der Waals surface area contributed by atoms with Gasteiger partial charge in [0.15, 0.2) is 11.6 Å². The van der Waals surface area contributed by atoms with E-state index < -0.39 is 11.9 Å². The van der Waals surface area contributed by atoms with Gasteiger partial charge in [0.1, 0.15) is 0 Å². The van der Waals surface area contributed by atoms with Crippen LogP contribution in [0.1, 0.15) is 13.3 Å². The molecule has 0 spiro atoms. The minimum Gasteiger partial charge on any atom is -0.491 e. The number of anilines is 2. The number of rotatable bonds is 5. The molecule has 0 saturated carbocycles. The number of nitrogens with zero attached hydrogens (tertiary/aromatic N) is 2. The summed E-state index contributed by atoms with van der Waals surface area (Å²) in [6.45, 7) is 3.51. The first-order valence-corrected chi connectivity index (χ1v) is 7.23. The van der Waals surface area contributed by atoms with Crippen LogP contribution in [0.25, 0.3) is 0 Å². The van der Waals surface area contributed by atoms with Crippen molar-refractivity contribution < 1.29 is 14.2 Å². The first kappa shape index (κ1) is 15.9. The highest BCUT2D eigenvalue weighted by molar-refractivity contribution is 5.71. The highest BCUT2D eigenvalue weighted by Gasteiger charge is 2.32. The fourth-order valence-corrected chi connectivity index (χ4v) is 2.85.